The number of anilines is 3. The lowest BCUT2D eigenvalue weighted by Crippen LogP contribution is -2.17. The van der Waals surface area contributed by atoms with Crippen LogP contribution in [0.15, 0.2) is 42.5 Å². The van der Waals surface area contributed by atoms with Gasteiger partial charge in [0.2, 0.25) is 0 Å². The zero-order chi connectivity index (χ0) is 19.6. The minimum absolute atomic E-state index is 0.00103. The van der Waals surface area contributed by atoms with Crippen LogP contribution in [-0.4, -0.2) is 15.9 Å². The van der Waals surface area contributed by atoms with Crippen LogP contribution in [0.4, 0.5) is 26.0 Å². The Morgan fingerprint density at radius 3 is 2.11 bits per heavy atom. The first kappa shape index (κ1) is 18.4. The van der Waals surface area contributed by atoms with E-state index in [2.05, 4.69) is 20.6 Å². The molecule has 0 aliphatic rings. The maximum absolute atomic E-state index is 13.8. The molecule has 0 aliphatic heterocycles. The molecule has 2 aromatic carbocycles. The van der Waals surface area contributed by atoms with Gasteiger partial charge in [-0.25, -0.2) is 18.7 Å². The fourth-order valence-corrected chi connectivity index (χ4v) is 2.68. The van der Waals surface area contributed by atoms with Crippen LogP contribution in [0.1, 0.15) is 27.4 Å². The van der Waals surface area contributed by atoms with Crippen molar-refractivity contribution in [1.29, 1.82) is 0 Å². The lowest BCUT2D eigenvalue weighted by atomic mass is 10.1. The van der Waals surface area contributed by atoms with Gasteiger partial charge < -0.3 is 10.6 Å². The fraction of sp³-hybridized carbons (Fsp3) is 0.150. The number of halogens is 2. The molecule has 1 aromatic heterocycles. The number of nitrogens with one attached hydrogen (secondary N) is 2. The van der Waals surface area contributed by atoms with Crippen molar-refractivity contribution in [3.8, 4) is 0 Å². The highest BCUT2D eigenvalue weighted by molar-refractivity contribution is 6.03. The molecule has 0 aliphatic carbocycles. The molecule has 3 aromatic rings. The van der Waals surface area contributed by atoms with E-state index in [0.29, 0.717) is 11.6 Å². The van der Waals surface area contributed by atoms with Gasteiger partial charge in [-0.1, -0.05) is 24.3 Å². The van der Waals surface area contributed by atoms with E-state index in [9.17, 15) is 13.6 Å². The van der Waals surface area contributed by atoms with Gasteiger partial charge in [-0.15, -0.1) is 0 Å². The van der Waals surface area contributed by atoms with Crippen molar-refractivity contribution in [1.82, 2.24) is 9.97 Å². The van der Waals surface area contributed by atoms with Crippen LogP contribution in [-0.2, 0) is 0 Å². The third-order valence-corrected chi connectivity index (χ3v) is 4.01. The van der Waals surface area contributed by atoms with E-state index < -0.39 is 23.2 Å². The van der Waals surface area contributed by atoms with Gasteiger partial charge in [0.25, 0.3) is 5.91 Å². The number of hydrogen-bond donors (Lipinski definition) is 2. The number of hydrogen-bond acceptors (Lipinski definition) is 4. The summed E-state index contributed by atoms with van der Waals surface area (Å²) in [5, 5.41) is 5.41. The Labute approximate surface area is 155 Å². The molecular formula is C20H18F2N4O. The second kappa shape index (κ2) is 7.49. The quantitative estimate of drug-likeness (QED) is 0.702. The minimum atomic E-state index is -0.858. The molecule has 0 saturated carbocycles. The van der Waals surface area contributed by atoms with Gasteiger partial charge in [-0.2, -0.15) is 0 Å². The van der Waals surface area contributed by atoms with Gasteiger partial charge in [0.15, 0.2) is 0 Å². The Morgan fingerprint density at radius 1 is 0.889 bits per heavy atom. The molecule has 0 fully saturated rings. The molecule has 0 bridgehead atoms. The Morgan fingerprint density at radius 2 is 1.48 bits per heavy atom. The van der Waals surface area contributed by atoms with Crippen LogP contribution in [0.25, 0.3) is 0 Å². The number of aromatic nitrogens is 2. The second-order valence-corrected chi connectivity index (χ2v) is 6.13. The average Bonchev–Trinajstić information content (AvgIpc) is 2.61. The molecular weight excluding hydrogens is 350 g/mol. The van der Waals surface area contributed by atoms with Crippen LogP contribution in [0.5, 0.6) is 0 Å². The van der Waals surface area contributed by atoms with Crippen molar-refractivity contribution < 1.29 is 13.6 Å². The molecule has 2 N–H and O–H groups in total. The van der Waals surface area contributed by atoms with E-state index >= 15 is 0 Å². The molecule has 0 radical (unpaired) electrons. The number of amides is 1. The highest BCUT2D eigenvalue weighted by Gasteiger charge is 2.16. The van der Waals surface area contributed by atoms with E-state index in [1.54, 1.807) is 6.92 Å². The molecule has 1 heterocycles. The molecule has 0 atom stereocenters. The molecule has 3 rings (SSSR count). The largest absolute Gasteiger partial charge is 0.340 e. The number of benzene rings is 2. The summed E-state index contributed by atoms with van der Waals surface area (Å²) in [5.74, 6) is -1.68. The lowest BCUT2D eigenvalue weighted by molar-refractivity contribution is 0.102. The van der Waals surface area contributed by atoms with E-state index in [1.165, 1.54) is 12.1 Å². The molecule has 0 spiro atoms. The lowest BCUT2D eigenvalue weighted by Gasteiger charge is -2.13. The SMILES string of the molecule is Cc1nc(Nc2c(C)cccc2C)cc(C(=O)Nc2c(F)cccc2F)n1. The van der Waals surface area contributed by atoms with Gasteiger partial charge in [-0.05, 0) is 44.0 Å². The molecule has 138 valence electrons. The highest BCUT2D eigenvalue weighted by Crippen LogP contribution is 2.24. The smallest absolute Gasteiger partial charge is 0.274 e. The maximum Gasteiger partial charge on any atom is 0.274 e. The van der Waals surface area contributed by atoms with Crippen LogP contribution < -0.4 is 10.6 Å². The first-order chi connectivity index (χ1) is 12.8. The summed E-state index contributed by atoms with van der Waals surface area (Å²) in [5.41, 5.74) is 2.40. The molecule has 1 amide bonds. The Hall–Kier alpha value is -3.35. The van der Waals surface area contributed by atoms with E-state index in [4.69, 9.17) is 0 Å². The van der Waals surface area contributed by atoms with Crippen molar-refractivity contribution >= 4 is 23.1 Å². The summed E-state index contributed by atoms with van der Waals surface area (Å²) >= 11 is 0. The van der Waals surface area contributed by atoms with Crippen LogP contribution in [0.2, 0.25) is 0 Å². The van der Waals surface area contributed by atoms with Crippen molar-refractivity contribution in [3.05, 3.63) is 76.7 Å². The standard InChI is InChI=1S/C20H18F2N4O/c1-11-6-4-7-12(2)18(11)25-17-10-16(23-13(3)24-17)20(27)26-19-14(21)8-5-9-15(19)22/h4-10H,1-3H3,(H,26,27)(H,23,24,25). The van der Waals surface area contributed by atoms with Gasteiger partial charge >= 0.3 is 0 Å². The Kier molecular flexibility index (Phi) is 5.12. The molecule has 0 saturated heterocycles. The van der Waals surface area contributed by atoms with Crippen molar-refractivity contribution in [2.45, 2.75) is 20.8 Å². The van der Waals surface area contributed by atoms with Crippen molar-refractivity contribution in [3.63, 3.8) is 0 Å². The summed E-state index contributed by atoms with van der Waals surface area (Å²) in [4.78, 5) is 20.8. The zero-order valence-electron chi connectivity index (χ0n) is 15.1. The molecule has 5 nitrogen and oxygen atoms in total. The first-order valence-electron chi connectivity index (χ1n) is 8.29. The third kappa shape index (κ3) is 4.08. The number of nitrogens with zero attached hydrogens (tertiary/aromatic N) is 2. The van der Waals surface area contributed by atoms with E-state index in [-0.39, 0.29) is 5.69 Å². The predicted molar refractivity (Wildman–Crippen MR) is 100 cm³/mol. The fourth-order valence-electron chi connectivity index (χ4n) is 2.68. The Bertz CT molecular complexity index is 980. The van der Waals surface area contributed by atoms with Gasteiger partial charge in [0, 0.05) is 11.8 Å². The van der Waals surface area contributed by atoms with Crippen molar-refractivity contribution in [2.24, 2.45) is 0 Å². The second-order valence-electron chi connectivity index (χ2n) is 6.13. The topological polar surface area (TPSA) is 66.9 Å². The summed E-state index contributed by atoms with van der Waals surface area (Å²) in [7, 11) is 0. The van der Waals surface area contributed by atoms with Gasteiger partial charge in [-0.3, -0.25) is 4.79 Å². The average molecular weight is 368 g/mol. The van der Waals surface area contributed by atoms with Crippen molar-refractivity contribution in [2.75, 3.05) is 10.6 Å². The van der Waals surface area contributed by atoms with E-state index in [1.807, 2.05) is 32.0 Å². The summed E-state index contributed by atoms with van der Waals surface area (Å²) in [6.45, 7) is 5.55. The van der Waals surface area contributed by atoms with Gasteiger partial charge in [0.05, 0.1) is 0 Å². The zero-order valence-corrected chi connectivity index (χ0v) is 15.1. The van der Waals surface area contributed by atoms with E-state index in [0.717, 1.165) is 28.9 Å². The minimum Gasteiger partial charge on any atom is -0.340 e. The molecule has 7 heteroatoms. The summed E-state index contributed by atoms with van der Waals surface area (Å²) in [6.07, 6.45) is 0. The first-order valence-corrected chi connectivity index (χ1v) is 8.29. The number of para-hydroxylation sites is 2. The number of aryl methyl sites for hydroxylation is 3. The monoisotopic (exact) mass is 368 g/mol. The normalized spacial score (nSPS) is 10.6. The van der Waals surface area contributed by atoms with Crippen LogP contribution >= 0.6 is 0 Å². The summed E-state index contributed by atoms with van der Waals surface area (Å²) < 4.78 is 27.5. The summed E-state index contributed by atoms with van der Waals surface area (Å²) in [6, 6.07) is 10.7. The number of carbonyl (C=O) groups excluding carboxylic acids is 1. The van der Waals surface area contributed by atoms with Crippen LogP contribution in [0, 0.1) is 32.4 Å². The van der Waals surface area contributed by atoms with Crippen LogP contribution in [0.3, 0.4) is 0 Å². The predicted octanol–water partition coefficient (Wildman–Crippen LogP) is 4.68. The molecule has 0 unspecified atom stereocenters. The Balaban J connectivity index is 1.90. The van der Waals surface area contributed by atoms with Gasteiger partial charge in [0.1, 0.15) is 34.7 Å². The third-order valence-electron chi connectivity index (χ3n) is 4.01. The maximum atomic E-state index is 13.8. The highest BCUT2D eigenvalue weighted by atomic mass is 19.1. The number of carbonyl (C=O) groups is 1. The number of rotatable bonds is 4. The molecule has 27 heavy (non-hydrogen) atoms.